The van der Waals surface area contributed by atoms with Crippen molar-refractivity contribution < 1.29 is 14.6 Å². The van der Waals surface area contributed by atoms with Crippen LogP contribution < -0.4 is 4.90 Å². The molecule has 2 heterocycles. The minimum Gasteiger partial charge on any atom is -0.507 e. The van der Waals surface area contributed by atoms with Gasteiger partial charge in [0, 0.05) is 29.1 Å². The van der Waals surface area contributed by atoms with Gasteiger partial charge in [-0.25, -0.2) is 4.98 Å². The molecule has 128 valence electrons. The van der Waals surface area contributed by atoms with Gasteiger partial charge in [-0.05, 0) is 38.0 Å². The number of phenols is 1. The van der Waals surface area contributed by atoms with E-state index in [0.717, 1.165) is 36.8 Å². The van der Waals surface area contributed by atoms with E-state index in [1.54, 1.807) is 12.1 Å². The van der Waals surface area contributed by atoms with Crippen LogP contribution >= 0.6 is 22.9 Å². The Morgan fingerprint density at radius 1 is 1.46 bits per heavy atom. The second-order valence-electron chi connectivity index (χ2n) is 5.69. The molecule has 1 saturated heterocycles. The number of aromatic hydroxyl groups is 1. The summed E-state index contributed by atoms with van der Waals surface area (Å²) in [5.74, 6) is 0.0179. The summed E-state index contributed by atoms with van der Waals surface area (Å²) in [4.78, 5) is 18.6. The van der Waals surface area contributed by atoms with Crippen LogP contribution in [-0.2, 0) is 9.53 Å². The highest BCUT2D eigenvalue weighted by Crippen LogP contribution is 2.35. The van der Waals surface area contributed by atoms with Crippen molar-refractivity contribution in [1.82, 2.24) is 4.98 Å². The normalized spacial score (nSPS) is 15.5. The number of esters is 1. The summed E-state index contributed by atoms with van der Waals surface area (Å²) in [6.07, 6.45) is 1.56. The standard InChI is InChI=1S/C17H19ClN2O3S/c1-2-23-16(22)11-5-7-20(8-6-11)17-19-14(10-24-17)13-4-3-12(18)9-15(13)21/h3-4,9-11,21H,2,5-8H2,1H3. The van der Waals surface area contributed by atoms with Gasteiger partial charge in [0.05, 0.1) is 18.2 Å². The summed E-state index contributed by atoms with van der Waals surface area (Å²) in [6, 6.07) is 5.02. The smallest absolute Gasteiger partial charge is 0.309 e. The van der Waals surface area contributed by atoms with Crippen molar-refractivity contribution >= 4 is 34.0 Å². The first-order chi connectivity index (χ1) is 11.6. The van der Waals surface area contributed by atoms with Crippen molar-refractivity contribution in [2.45, 2.75) is 19.8 Å². The quantitative estimate of drug-likeness (QED) is 0.830. The first kappa shape index (κ1) is 17.0. The van der Waals surface area contributed by atoms with Crippen LogP contribution in [0.1, 0.15) is 19.8 Å². The number of phenolic OH excluding ortho intramolecular Hbond substituents is 1. The molecule has 24 heavy (non-hydrogen) atoms. The minimum atomic E-state index is -0.0944. The molecule has 1 aliphatic heterocycles. The van der Waals surface area contributed by atoms with E-state index < -0.39 is 0 Å². The SMILES string of the molecule is CCOC(=O)C1CCN(c2nc(-c3ccc(Cl)cc3O)cs2)CC1. The average Bonchev–Trinajstić information content (AvgIpc) is 3.05. The van der Waals surface area contributed by atoms with Gasteiger partial charge in [-0.3, -0.25) is 4.79 Å². The molecular weight excluding hydrogens is 348 g/mol. The monoisotopic (exact) mass is 366 g/mol. The number of carbonyl (C=O) groups is 1. The molecule has 0 aliphatic carbocycles. The molecule has 0 bridgehead atoms. The first-order valence-electron chi connectivity index (χ1n) is 7.94. The number of piperidine rings is 1. The van der Waals surface area contributed by atoms with Crippen molar-refractivity contribution in [3.05, 3.63) is 28.6 Å². The summed E-state index contributed by atoms with van der Waals surface area (Å²) in [7, 11) is 0. The molecule has 2 aromatic rings. The Morgan fingerprint density at radius 2 is 2.21 bits per heavy atom. The maximum atomic E-state index is 11.8. The highest BCUT2D eigenvalue weighted by Gasteiger charge is 2.27. The Morgan fingerprint density at radius 3 is 2.88 bits per heavy atom. The van der Waals surface area contributed by atoms with Crippen molar-refractivity contribution in [3.63, 3.8) is 0 Å². The Bertz CT molecular complexity index is 726. The molecule has 0 saturated carbocycles. The van der Waals surface area contributed by atoms with Gasteiger partial charge in [-0.15, -0.1) is 11.3 Å². The lowest BCUT2D eigenvalue weighted by molar-refractivity contribution is -0.148. The van der Waals surface area contributed by atoms with Gasteiger partial charge >= 0.3 is 5.97 Å². The molecule has 0 radical (unpaired) electrons. The van der Waals surface area contributed by atoms with Crippen LogP contribution in [0.15, 0.2) is 23.6 Å². The zero-order chi connectivity index (χ0) is 17.1. The summed E-state index contributed by atoms with van der Waals surface area (Å²) in [5, 5.41) is 13.3. The molecule has 0 amide bonds. The zero-order valence-electron chi connectivity index (χ0n) is 13.4. The summed E-state index contributed by atoms with van der Waals surface area (Å²) < 4.78 is 5.10. The number of hydrogen-bond donors (Lipinski definition) is 1. The van der Waals surface area contributed by atoms with Gasteiger partial charge in [0.1, 0.15) is 5.75 Å². The van der Waals surface area contributed by atoms with Gasteiger partial charge in [-0.2, -0.15) is 0 Å². The minimum absolute atomic E-state index is 0.0130. The molecule has 1 aromatic heterocycles. The number of thiazole rings is 1. The van der Waals surface area contributed by atoms with E-state index in [0.29, 0.717) is 17.2 Å². The van der Waals surface area contributed by atoms with Gasteiger partial charge in [0.25, 0.3) is 0 Å². The molecule has 1 N–H and O–H groups in total. The van der Waals surface area contributed by atoms with Crippen LogP contribution in [0.3, 0.4) is 0 Å². The highest BCUT2D eigenvalue weighted by molar-refractivity contribution is 7.14. The Kier molecular flexibility index (Phi) is 5.26. The van der Waals surface area contributed by atoms with Crippen LogP contribution in [0.4, 0.5) is 5.13 Å². The van der Waals surface area contributed by atoms with Crippen LogP contribution in [0, 0.1) is 5.92 Å². The molecular formula is C17H19ClN2O3S. The average molecular weight is 367 g/mol. The van der Waals surface area contributed by atoms with Crippen LogP contribution in [0.2, 0.25) is 5.02 Å². The maximum absolute atomic E-state index is 11.8. The van der Waals surface area contributed by atoms with Crippen LogP contribution in [0.5, 0.6) is 5.75 Å². The molecule has 7 heteroatoms. The lowest BCUT2D eigenvalue weighted by Crippen LogP contribution is -2.36. The van der Waals surface area contributed by atoms with E-state index in [4.69, 9.17) is 16.3 Å². The maximum Gasteiger partial charge on any atom is 0.309 e. The number of anilines is 1. The fourth-order valence-electron chi connectivity index (χ4n) is 2.82. The van der Waals surface area contributed by atoms with Crippen molar-refractivity contribution in [1.29, 1.82) is 0 Å². The van der Waals surface area contributed by atoms with E-state index >= 15 is 0 Å². The molecule has 0 atom stereocenters. The number of benzene rings is 1. The Labute approximate surface area is 149 Å². The molecule has 1 fully saturated rings. The van der Waals surface area contributed by atoms with E-state index in [-0.39, 0.29) is 17.6 Å². The number of hydrogen-bond acceptors (Lipinski definition) is 6. The summed E-state index contributed by atoms with van der Waals surface area (Å²) in [6.45, 7) is 3.82. The van der Waals surface area contributed by atoms with Crippen LogP contribution in [0.25, 0.3) is 11.3 Å². The van der Waals surface area contributed by atoms with Crippen molar-refractivity contribution in [2.24, 2.45) is 5.92 Å². The first-order valence-corrected chi connectivity index (χ1v) is 9.20. The number of ether oxygens (including phenoxy) is 1. The molecule has 1 aliphatic rings. The summed E-state index contributed by atoms with van der Waals surface area (Å²) in [5.41, 5.74) is 1.40. The third-order valence-corrected chi connectivity index (χ3v) is 5.25. The van der Waals surface area contributed by atoms with Gasteiger partial charge < -0.3 is 14.7 Å². The molecule has 5 nitrogen and oxygen atoms in total. The van der Waals surface area contributed by atoms with E-state index in [2.05, 4.69) is 9.88 Å². The second-order valence-corrected chi connectivity index (χ2v) is 6.96. The largest absolute Gasteiger partial charge is 0.507 e. The third kappa shape index (κ3) is 3.65. The van der Waals surface area contributed by atoms with E-state index in [1.165, 1.54) is 17.4 Å². The lowest BCUT2D eigenvalue weighted by Gasteiger charge is -2.30. The molecule has 0 unspecified atom stereocenters. The molecule has 3 rings (SSSR count). The topological polar surface area (TPSA) is 62.7 Å². The van der Waals surface area contributed by atoms with E-state index in [9.17, 15) is 9.90 Å². The number of aromatic nitrogens is 1. The van der Waals surface area contributed by atoms with Crippen molar-refractivity contribution in [2.75, 3.05) is 24.6 Å². The second kappa shape index (κ2) is 7.40. The predicted molar refractivity (Wildman–Crippen MR) is 95.8 cm³/mol. The van der Waals surface area contributed by atoms with Gasteiger partial charge in [-0.1, -0.05) is 11.6 Å². The highest BCUT2D eigenvalue weighted by atomic mass is 35.5. The molecule has 1 aromatic carbocycles. The third-order valence-electron chi connectivity index (χ3n) is 4.11. The summed E-state index contributed by atoms with van der Waals surface area (Å²) >= 11 is 7.41. The number of halogens is 1. The number of rotatable bonds is 4. The number of carbonyl (C=O) groups excluding carboxylic acids is 1. The van der Waals surface area contributed by atoms with Crippen molar-refractivity contribution in [3.8, 4) is 17.0 Å². The number of nitrogens with zero attached hydrogens (tertiary/aromatic N) is 2. The van der Waals surface area contributed by atoms with Gasteiger partial charge in [0.2, 0.25) is 0 Å². The predicted octanol–water partition coefficient (Wildman–Crippen LogP) is 3.95. The van der Waals surface area contributed by atoms with Gasteiger partial charge in [0.15, 0.2) is 5.13 Å². The lowest BCUT2D eigenvalue weighted by atomic mass is 9.97. The Balaban J connectivity index is 1.67. The van der Waals surface area contributed by atoms with Crippen LogP contribution in [-0.4, -0.2) is 35.8 Å². The fraction of sp³-hybridized carbons (Fsp3) is 0.412. The Hall–Kier alpha value is -1.79. The van der Waals surface area contributed by atoms with E-state index in [1.807, 2.05) is 12.3 Å². The fourth-order valence-corrected chi connectivity index (χ4v) is 3.87. The molecule has 0 spiro atoms. The zero-order valence-corrected chi connectivity index (χ0v) is 14.9.